The first-order chi connectivity index (χ1) is 6.15. The van der Waals surface area contributed by atoms with E-state index >= 15 is 0 Å². The highest BCUT2D eigenvalue weighted by atomic mass is 79.9. The second-order valence-corrected chi connectivity index (χ2v) is 5.39. The summed E-state index contributed by atoms with van der Waals surface area (Å²) in [6.07, 6.45) is 1.12. The lowest BCUT2D eigenvalue weighted by molar-refractivity contribution is 0.426. The highest BCUT2D eigenvalue weighted by Gasteiger charge is 2.13. The molecule has 1 aromatic rings. The highest BCUT2D eigenvalue weighted by Crippen LogP contribution is 2.25. The monoisotopic (exact) mass is 261 g/mol. The van der Waals surface area contributed by atoms with Crippen LogP contribution in [0, 0.1) is 5.92 Å². The maximum Gasteiger partial charge on any atom is 0.0314 e. The zero-order valence-electron chi connectivity index (χ0n) is 8.30. The number of nitrogens with one attached hydrogen (secondary N) is 1. The van der Waals surface area contributed by atoms with Crippen LogP contribution in [0.2, 0.25) is 0 Å². The van der Waals surface area contributed by atoms with E-state index in [4.69, 9.17) is 0 Å². The highest BCUT2D eigenvalue weighted by molar-refractivity contribution is 9.10. The first-order valence-corrected chi connectivity index (χ1v) is 6.21. The fraction of sp³-hybridized carbons (Fsp3) is 0.600. The average Bonchev–Trinajstić information content (AvgIpc) is 2.46. The molecule has 1 N–H and O–H groups in total. The number of hydrogen-bond acceptors (Lipinski definition) is 2. The third kappa shape index (κ3) is 3.08. The Morgan fingerprint density at radius 3 is 2.62 bits per heavy atom. The van der Waals surface area contributed by atoms with Gasteiger partial charge in [0.15, 0.2) is 0 Å². The molecule has 3 heteroatoms. The smallest absolute Gasteiger partial charge is 0.0314 e. The van der Waals surface area contributed by atoms with E-state index in [0.717, 1.165) is 6.42 Å². The van der Waals surface area contributed by atoms with E-state index in [-0.39, 0.29) is 0 Å². The molecule has 0 radical (unpaired) electrons. The fourth-order valence-corrected chi connectivity index (χ4v) is 2.92. The molecule has 1 nitrogen and oxygen atoms in total. The van der Waals surface area contributed by atoms with Crippen molar-refractivity contribution in [2.24, 2.45) is 5.92 Å². The van der Waals surface area contributed by atoms with Crippen LogP contribution in [0.3, 0.4) is 0 Å². The van der Waals surface area contributed by atoms with Crippen molar-refractivity contribution in [2.45, 2.75) is 26.3 Å². The van der Waals surface area contributed by atoms with Gasteiger partial charge in [-0.15, -0.1) is 11.3 Å². The molecule has 0 fully saturated rings. The van der Waals surface area contributed by atoms with Crippen molar-refractivity contribution in [3.63, 3.8) is 0 Å². The van der Waals surface area contributed by atoms with Crippen LogP contribution in [0.4, 0.5) is 0 Å². The predicted octanol–water partition coefficient (Wildman–Crippen LogP) is 3.30. The summed E-state index contributed by atoms with van der Waals surface area (Å²) in [4.78, 5) is 1.44. The molecule has 1 rings (SSSR count). The number of rotatable bonds is 4. The molecular formula is C10H16BrNS. The van der Waals surface area contributed by atoms with Gasteiger partial charge in [0, 0.05) is 15.4 Å². The van der Waals surface area contributed by atoms with Crippen LogP contribution in [0.1, 0.15) is 18.7 Å². The van der Waals surface area contributed by atoms with Crippen LogP contribution < -0.4 is 5.32 Å². The van der Waals surface area contributed by atoms with Gasteiger partial charge in [-0.1, -0.05) is 13.8 Å². The van der Waals surface area contributed by atoms with Crippen LogP contribution in [-0.4, -0.2) is 13.1 Å². The molecule has 0 saturated carbocycles. The Kier molecular flexibility index (Phi) is 4.42. The Morgan fingerprint density at radius 2 is 2.23 bits per heavy atom. The largest absolute Gasteiger partial charge is 0.316 e. The molecule has 0 spiro atoms. The fourth-order valence-electron chi connectivity index (χ4n) is 1.34. The molecule has 0 aliphatic carbocycles. The molecular weight excluding hydrogens is 246 g/mol. The summed E-state index contributed by atoms with van der Waals surface area (Å²) >= 11 is 5.38. The molecule has 0 aromatic carbocycles. The maximum absolute atomic E-state index is 3.56. The number of hydrogen-bond donors (Lipinski definition) is 1. The number of likely N-dealkylation sites (N-methyl/N-ethyl adjacent to an activating group) is 1. The van der Waals surface area contributed by atoms with Gasteiger partial charge in [-0.05, 0) is 46.8 Å². The normalized spacial score (nSPS) is 13.6. The van der Waals surface area contributed by atoms with Crippen LogP contribution in [0.5, 0.6) is 0 Å². The van der Waals surface area contributed by atoms with Gasteiger partial charge in [0.05, 0.1) is 0 Å². The lowest BCUT2D eigenvalue weighted by atomic mass is 10.0. The first kappa shape index (κ1) is 11.2. The second-order valence-electron chi connectivity index (χ2n) is 3.54. The van der Waals surface area contributed by atoms with Gasteiger partial charge in [-0.2, -0.15) is 0 Å². The molecule has 74 valence electrons. The van der Waals surface area contributed by atoms with E-state index in [1.165, 1.54) is 9.35 Å². The van der Waals surface area contributed by atoms with E-state index in [1.54, 1.807) is 0 Å². The van der Waals surface area contributed by atoms with Crippen molar-refractivity contribution in [1.29, 1.82) is 0 Å². The van der Waals surface area contributed by atoms with E-state index in [9.17, 15) is 0 Å². The van der Waals surface area contributed by atoms with E-state index < -0.39 is 0 Å². The minimum absolute atomic E-state index is 0.579. The maximum atomic E-state index is 3.56. The summed E-state index contributed by atoms with van der Waals surface area (Å²) < 4.78 is 1.25. The van der Waals surface area contributed by atoms with Crippen LogP contribution in [-0.2, 0) is 6.42 Å². The molecule has 1 aromatic heterocycles. The zero-order valence-corrected chi connectivity index (χ0v) is 10.7. The Labute approximate surface area is 92.7 Å². The van der Waals surface area contributed by atoms with Crippen LogP contribution in [0.25, 0.3) is 0 Å². The topological polar surface area (TPSA) is 12.0 Å². The molecule has 0 amide bonds. The van der Waals surface area contributed by atoms with E-state index in [1.807, 2.05) is 18.4 Å². The summed E-state index contributed by atoms with van der Waals surface area (Å²) in [5.74, 6) is 0.680. The Bertz CT molecular complexity index is 257. The zero-order chi connectivity index (χ0) is 9.84. The minimum atomic E-state index is 0.579. The summed E-state index contributed by atoms with van der Waals surface area (Å²) in [5.41, 5.74) is 0. The molecule has 0 aliphatic rings. The van der Waals surface area contributed by atoms with E-state index in [2.05, 4.69) is 46.5 Å². The minimum Gasteiger partial charge on any atom is -0.316 e. The summed E-state index contributed by atoms with van der Waals surface area (Å²) in [6, 6.07) is 2.70. The van der Waals surface area contributed by atoms with Crippen LogP contribution in [0.15, 0.2) is 15.9 Å². The molecule has 13 heavy (non-hydrogen) atoms. The van der Waals surface area contributed by atoms with Gasteiger partial charge in [0.2, 0.25) is 0 Å². The Balaban J connectivity index is 2.62. The standard InChI is InChI=1S/C10H16BrNS/c1-7(2)9(12-3)6-10-8(11)4-5-13-10/h4-5,7,9,12H,6H2,1-3H3. The van der Waals surface area contributed by atoms with Crippen molar-refractivity contribution in [3.05, 3.63) is 20.8 Å². The van der Waals surface area contributed by atoms with Gasteiger partial charge in [-0.3, -0.25) is 0 Å². The lowest BCUT2D eigenvalue weighted by Gasteiger charge is -2.19. The van der Waals surface area contributed by atoms with E-state index in [0.29, 0.717) is 12.0 Å². The molecule has 0 bridgehead atoms. The quantitative estimate of drug-likeness (QED) is 0.877. The summed E-state index contributed by atoms with van der Waals surface area (Å²) in [6.45, 7) is 4.51. The van der Waals surface area contributed by atoms with Crippen molar-refractivity contribution in [1.82, 2.24) is 5.32 Å². The third-order valence-electron chi connectivity index (χ3n) is 2.27. The van der Waals surface area contributed by atoms with Gasteiger partial charge >= 0.3 is 0 Å². The van der Waals surface area contributed by atoms with Crippen molar-refractivity contribution in [2.75, 3.05) is 7.05 Å². The summed E-state index contributed by atoms with van der Waals surface area (Å²) in [5, 5.41) is 5.48. The molecule has 1 unspecified atom stereocenters. The summed E-state index contributed by atoms with van der Waals surface area (Å²) in [7, 11) is 2.03. The van der Waals surface area contributed by atoms with Gasteiger partial charge < -0.3 is 5.32 Å². The lowest BCUT2D eigenvalue weighted by Crippen LogP contribution is -2.32. The third-order valence-corrected chi connectivity index (χ3v) is 4.22. The van der Waals surface area contributed by atoms with Crippen molar-refractivity contribution >= 4 is 27.3 Å². The molecule has 0 aliphatic heterocycles. The predicted molar refractivity (Wildman–Crippen MR) is 63.4 cm³/mol. The number of halogens is 1. The SMILES string of the molecule is CNC(Cc1sccc1Br)C(C)C. The molecule has 1 heterocycles. The van der Waals surface area contributed by atoms with Gasteiger partial charge in [-0.25, -0.2) is 0 Å². The molecule has 1 atom stereocenters. The first-order valence-electron chi connectivity index (χ1n) is 4.54. The van der Waals surface area contributed by atoms with Gasteiger partial charge in [0.25, 0.3) is 0 Å². The van der Waals surface area contributed by atoms with Crippen LogP contribution >= 0.6 is 27.3 Å². The van der Waals surface area contributed by atoms with Crippen molar-refractivity contribution in [3.8, 4) is 0 Å². The van der Waals surface area contributed by atoms with Gasteiger partial charge in [0.1, 0.15) is 0 Å². The average molecular weight is 262 g/mol. The second kappa shape index (κ2) is 5.13. The van der Waals surface area contributed by atoms with Crippen molar-refractivity contribution < 1.29 is 0 Å². The Hall–Kier alpha value is 0.140. The Morgan fingerprint density at radius 1 is 1.54 bits per heavy atom. The number of thiophene rings is 1. The molecule has 0 saturated heterocycles.